The Balaban J connectivity index is 1.85. The summed E-state index contributed by atoms with van der Waals surface area (Å²) < 4.78 is 1.06. The Bertz CT molecular complexity index is 859. The maximum Gasteiger partial charge on any atom is 0.336 e. The number of fused-ring (bicyclic) bond motifs is 3. The van der Waals surface area contributed by atoms with Gasteiger partial charge in [0.25, 0.3) is 0 Å². The average molecular weight is 384 g/mol. The van der Waals surface area contributed by atoms with E-state index in [9.17, 15) is 9.90 Å². The maximum absolute atomic E-state index is 11.5. The Morgan fingerprint density at radius 1 is 1.29 bits per heavy atom. The van der Waals surface area contributed by atoms with Crippen LogP contribution in [0.2, 0.25) is 0 Å². The van der Waals surface area contributed by atoms with Crippen molar-refractivity contribution in [1.82, 2.24) is 0 Å². The van der Waals surface area contributed by atoms with Crippen molar-refractivity contribution >= 4 is 27.6 Å². The molecule has 3 nitrogen and oxygen atoms in total. The Kier molecular flexibility index (Phi) is 3.72. The van der Waals surface area contributed by atoms with E-state index in [1.807, 2.05) is 19.1 Å². The SMILES string of the molecule is Cc1c(C(=O)O)ccc2c1N[C@H](c1cccc(Br)c1)[C@H]1CC=C[C@@H]21. The smallest absolute Gasteiger partial charge is 0.336 e. The molecule has 2 aromatic carbocycles. The fourth-order valence-corrected chi connectivity index (χ4v) is 4.49. The van der Waals surface area contributed by atoms with E-state index < -0.39 is 5.97 Å². The molecule has 1 aliphatic heterocycles. The molecule has 1 heterocycles. The lowest BCUT2D eigenvalue weighted by Crippen LogP contribution is -2.30. The predicted molar refractivity (Wildman–Crippen MR) is 98.6 cm³/mol. The van der Waals surface area contributed by atoms with E-state index in [0.29, 0.717) is 17.4 Å². The van der Waals surface area contributed by atoms with E-state index >= 15 is 0 Å². The second-order valence-corrected chi connectivity index (χ2v) is 7.45. The molecule has 1 aliphatic carbocycles. The minimum atomic E-state index is -0.875. The van der Waals surface area contributed by atoms with Crippen LogP contribution in [0, 0.1) is 12.8 Å². The minimum absolute atomic E-state index is 0.178. The summed E-state index contributed by atoms with van der Waals surface area (Å²) in [6.45, 7) is 1.90. The van der Waals surface area contributed by atoms with E-state index in [1.54, 1.807) is 6.07 Å². The number of carboxylic acid groups (broad SMARTS) is 1. The average Bonchev–Trinajstić information content (AvgIpc) is 3.04. The molecule has 0 bridgehead atoms. The van der Waals surface area contributed by atoms with Crippen LogP contribution in [0.25, 0.3) is 0 Å². The van der Waals surface area contributed by atoms with Crippen LogP contribution in [-0.4, -0.2) is 11.1 Å². The van der Waals surface area contributed by atoms with Crippen LogP contribution < -0.4 is 5.32 Å². The molecule has 0 fully saturated rings. The normalized spacial score (nSPS) is 24.2. The summed E-state index contributed by atoms with van der Waals surface area (Å²) in [5, 5.41) is 13.1. The molecule has 2 aromatic rings. The summed E-state index contributed by atoms with van der Waals surface area (Å²) in [4.78, 5) is 11.5. The molecular formula is C20H18BrNO2. The largest absolute Gasteiger partial charge is 0.478 e. The molecule has 2 aliphatic rings. The number of benzene rings is 2. The zero-order valence-corrected chi connectivity index (χ0v) is 14.9. The molecule has 4 heteroatoms. The van der Waals surface area contributed by atoms with Crippen LogP contribution in [0.15, 0.2) is 53.0 Å². The minimum Gasteiger partial charge on any atom is -0.478 e. The van der Waals surface area contributed by atoms with Crippen molar-refractivity contribution in [1.29, 1.82) is 0 Å². The van der Waals surface area contributed by atoms with Gasteiger partial charge in [0.15, 0.2) is 0 Å². The van der Waals surface area contributed by atoms with Crippen LogP contribution in [-0.2, 0) is 0 Å². The second kappa shape index (κ2) is 5.78. The van der Waals surface area contributed by atoms with Crippen LogP contribution in [0.1, 0.15) is 45.4 Å². The highest BCUT2D eigenvalue weighted by Gasteiger charge is 2.38. The van der Waals surface area contributed by atoms with Crippen LogP contribution in [0.5, 0.6) is 0 Å². The van der Waals surface area contributed by atoms with Gasteiger partial charge < -0.3 is 10.4 Å². The molecule has 0 unspecified atom stereocenters. The summed E-state index contributed by atoms with van der Waals surface area (Å²) >= 11 is 3.56. The van der Waals surface area contributed by atoms with Crippen molar-refractivity contribution in [3.63, 3.8) is 0 Å². The van der Waals surface area contributed by atoms with Crippen molar-refractivity contribution in [2.45, 2.75) is 25.3 Å². The number of halogens is 1. The van der Waals surface area contributed by atoms with Gasteiger partial charge in [-0.1, -0.05) is 46.3 Å². The van der Waals surface area contributed by atoms with Gasteiger partial charge in [0, 0.05) is 16.1 Å². The van der Waals surface area contributed by atoms with Crippen molar-refractivity contribution in [2.24, 2.45) is 5.92 Å². The van der Waals surface area contributed by atoms with Crippen molar-refractivity contribution < 1.29 is 9.90 Å². The number of hydrogen-bond acceptors (Lipinski definition) is 2. The number of carbonyl (C=O) groups is 1. The fourth-order valence-electron chi connectivity index (χ4n) is 4.08. The molecule has 4 rings (SSSR count). The first-order valence-corrected chi connectivity index (χ1v) is 8.91. The van der Waals surface area contributed by atoms with Crippen LogP contribution in [0.4, 0.5) is 5.69 Å². The number of hydrogen-bond donors (Lipinski definition) is 2. The molecule has 0 saturated heterocycles. The van der Waals surface area contributed by atoms with Gasteiger partial charge in [0.05, 0.1) is 11.6 Å². The molecule has 0 aromatic heterocycles. The van der Waals surface area contributed by atoms with E-state index in [4.69, 9.17) is 0 Å². The van der Waals surface area contributed by atoms with Gasteiger partial charge in [-0.05, 0) is 54.2 Å². The first-order chi connectivity index (χ1) is 11.6. The summed E-state index contributed by atoms with van der Waals surface area (Å²) in [7, 11) is 0. The monoisotopic (exact) mass is 383 g/mol. The zero-order valence-electron chi connectivity index (χ0n) is 13.3. The van der Waals surface area contributed by atoms with Gasteiger partial charge in [-0.3, -0.25) is 0 Å². The van der Waals surface area contributed by atoms with Crippen molar-refractivity contribution in [3.8, 4) is 0 Å². The maximum atomic E-state index is 11.5. The predicted octanol–water partition coefficient (Wildman–Crippen LogP) is 5.28. The lowest BCUT2D eigenvalue weighted by molar-refractivity contribution is 0.0696. The van der Waals surface area contributed by atoms with E-state index in [1.165, 1.54) is 11.1 Å². The molecular weight excluding hydrogens is 366 g/mol. The summed E-state index contributed by atoms with van der Waals surface area (Å²) in [6.07, 6.45) is 5.56. The Morgan fingerprint density at radius 2 is 2.12 bits per heavy atom. The van der Waals surface area contributed by atoms with Gasteiger partial charge in [-0.2, -0.15) is 0 Å². The fraction of sp³-hybridized carbons (Fsp3) is 0.250. The summed E-state index contributed by atoms with van der Waals surface area (Å²) in [6, 6.07) is 12.3. The van der Waals surface area contributed by atoms with Gasteiger partial charge >= 0.3 is 5.97 Å². The quantitative estimate of drug-likeness (QED) is 0.693. The topological polar surface area (TPSA) is 49.3 Å². The molecule has 0 spiro atoms. The molecule has 0 saturated carbocycles. The zero-order chi connectivity index (χ0) is 16.8. The number of allylic oxidation sites excluding steroid dienone is 2. The van der Waals surface area contributed by atoms with Gasteiger partial charge in [-0.25, -0.2) is 4.79 Å². The third-order valence-electron chi connectivity index (χ3n) is 5.24. The van der Waals surface area contributed by atoms with Crippen molar-refractivity contribution in [2.75, 3.05) is 5.32 Å². The lowest BCUT2D eigenvalue weighted by atomic mass is 9.76. The number of anilines is 1. The van der Waals surface area contributed by atoms with Crippen LogP contribution in [0.3, 0.4) is 0 Å². The Hall–Kier alpha value is -2.07. The first kappa shape index (κ1) is 15.5. The lowest BCUT2D eigenvalue weighted by Gasteiger charge is -2.38. The molecule has 0 radical (unpaired) electrons. The van der Waals surface area contributed by atoms with Crippen molar-refractivity contribution in [3.05, 3.63) is 75.3 Å². The van der Waals surface area contributed by atoms with Gasteiger partial charge in [-0.15, -0.1) is 0 Å². The summed E-state index contributed by atoms with van der Waals surface area (Å²) in [5.41, 5.74) is 4.61. The van der Waals surface area contributed by atoms with E-state index in [2.05, 4.69) is 51.6 Å². The van der Waals surface area contributed by atoms with Gasteiger partial charge in [0.1, 0.15) is 0 Å². The highest BCUT2D eigenvalue weighted by Crippen LogP contribution is 2.51. The number of rotatable bonds is 2. The standard InChI is InChI=1S/C20H18BrNO2/c1-11-14(20(23)24)8-9-17-15-6-3-7-16(15)19(22-18(11)17)12-4-2-5-13(21)10-12/h2-6,8-10,15-16,19,22H,7H2,1H3,(H,23,24)/t15-,16+,19-/m1/s1. The third kappa shape index (κ3) is 2.37. The molecule has 122 valence electrons. The second-order valence-electron chi connectivity index (χ2n) is 6.54. The number of aromatic carboxylic acids is 1. The molecule has 2 N–H and O–H groups in total. The van der Waals surface area contributed by atoms with E-state index in [0.717, 1.165) is 22.1 Å². The van der Waals surface area contributed by atoms with Gasteiger partial charge in [0.2, 0.25) is 0 Å². The molecule has 3 atom stereocenters. The van der Waals surface area contributed by atoms with Crippen LogP contribution >= 0.6 is 15.9 Å². The Morgan fingerprint density at radius 3 is 2.88 bits per heavy atom. The third-order valence-corrected chi connectivity index (χ3v) is 5.73. The number of nitrogens with one attached hydrogen (secondary N) is 1. The highest BCUT2D eigenvalue weighted by atomic mass is 79.9. The Labute approximate surface area is 149 Å². The molecule has 0 amide bonds. The van der Waals surface area contributed by atoms with E-state index in [-0.39, 0.29) is 6.04 Å². The highest BCUT2D eigenvalue weighted by molar-refractivity contribution is 9.10. The molecule has 24 heavy (non-hydrogen) atoms. The number of carboxylic acids is 1. The first-order valence-electron chi connectivity index (χ1n) is 8.11. The summed E-state index contributed by atoms with van der Waals surface area (Å²) in [5.74, 6) is -0.0751.